The molecule has 0 atom stereocenters. The van der Waals surface area contributed by atoms with E-state index in [0.29, 0.717) is 5.75 Å². The Balaban J connectivity index is 2.31. The molecule has 0 radical (unpaired) electrons. The molecule has 0 N–H and O–H groups in total. The predicted molar refractivity (Wildman–Crippen MR) is 52.3 cm³/mol. The highest BCUT2D eigenvalue weighted by Gasteiger charge is 2.28. The number of ether oxygens (including phenoxy) is 1. The van der Waals surface area contributed by atoms with Gasteiger partial charge in [-0.05, 0) is 23.3 Å². The molecule has 0 aliphatic carbocycles. The standard InChI is InChI=1S/C9H10FNO3S/c1-14-9-3-2-7-5-11(15(10,12)13)6-8(7)4-9/h2-4H,5-6H2,1H3. The van der Waals surface area contributed by atoms with Crippen LogP contribution in [0.2, 0.25) is 0 Å². The second kappa shape index (κ2) is 3.46. The lowest BCUT2D eigenvalue weighted by atomic mass is 10.1. The molecule has 2 rings (SSSR count). The summed E-state index contributed by atoms with van der Waals surface area (Å²) in [6.07, 6.45) is 0. The zero-order chi connectivity index (χ0) is 11.1. The first-order valence-corrected chi connectivity index (χ1v) is 5.70. The maximum atomic E-state index is 12.7. The summed E-state index contributed by atoms with van der Waals surface area (Å²) >= 11 is 0. The molecule has 1 aliphatic rings. The van der Waals surface area contributed by atoms with Crippen LogP contribution in [-0.2, 0) is 23.5 Å². The van der Waals surface area contributed by atoms with Crippen LogP contribution < -0.4 is 4.74 Å². The van der Waals surface area contributed by atoms with Crippen molar-refractivity contribution in [3.63, 3.8) is 0 Å². The zero-order valence-corrected chi connectivity index (χ0v) is 8.92. The lowest BCUT2D eigenvalue weighted by Crippen LogP contribution is -2.20. The molecule has 1 heterocycles. The van der Waals surface area contributed by atoms with E-state index < -0.39 is 10.4 Å². The second-order valence-corrected chi connectivity index (χ2v) is 4.69. The molecular weight excluding hydrogens is 221 g/mol. The number of nitrogens with zero attached hydrogens (tertiary/aromatic N) is 1. The fourth-order valence-electron chi connectivity index (χ4n) is 1.62. The number of halogens is 1. The molecule has 0 saturated carbocycles. The first-order chi connectivity index (χ1) is 7.00. The largest absolute Gasteiger partial charge is 0.497 e. The maximum absolute atomic E-state index is 12.7. The van der Waals surface area contributed by atoms with Gasteiger partial charge in [0, 0.05) is 13.1 Å². The summed E-state index contributed by atoms with van der Waals surface area (Å²) in [4.78, 5) is 0. The quantitative estimate of drug-likeness (QED) is 0.719. The summed E-state index contributed by atoms with van der Waals surface area (Å²) in [5, 5.41) is 0. The number of benzene rings is 1. The van der Waals surface area contributed by atoms with Gasteiger partial charge in [-0.15, -0.1) is 0 Å². The number of methoxy groups -OCH3 is 1. The van der Waals surface area contributed by atoms with E-state index in [0.717, 1.165) is 15.4 Å². The van der Waals surface area contributed by atoms with E-state index in [2.05, 4.69) is 0 Å². The monoisotopic (exact) mass is 231 g/mol. The molecule has 1 aromatic carbocycles. The van der Waals surface area contributed by atoms with Gasteiger partial charge in [0.05, 0.1) is 7.11 Å². The Morgan fingerprint density at radius 1 is 1.33 bits per heavy atom. The minimum Gasteiger partial charge on any atom is -0.497 e. The van der Waals surface area contributed by atoms with Gasteiger partial charge in [0.1, 0.15) is 5.75 Å². The molecule has 82 valence electrons. The number of rotatable bonds is 2. The van der Waals surface area contributed by atoms with Gasteiger partial charge < -0.3 is 4.74 Å². The number of hydrogen-bond donors (Lipinski definition) is 0. The van der Waals surface area contributed by atoms with E-state index in [1.807, 2.05) is 0 Å². The van der Waals surface area contributed by atoms with Crippen LogP contribution in [0, 0.1) is 0 Å². The van der Waals surface area contributed by atoms with E-state index >= 15 is 0 Å². The lowest BCUT2D eigenvalue weighted by molar-refractivity contribution is 0.398. The van der Waals surface area contributed by atoms with Gasteiger partial charge in [-0.3, -0.25) is 0 Å². The Bertz CT molecular complexity index is 486. The van der Waals surface area contributed by atoms with Crippen molar-refractivity contribution in [3.8, 4) is 5.75 Å². The lowest BCUT2D eigenvalue weighted by Gasteiger charge is -2.06. The molecule has 0 aromatic heterocycles. The van der Waals surface area contributed by atoms with Crippen LogP contribution in [-0.4, -0.2) is 19.8 Å². The van der Waals surface area contributed by atoms with E-state index in [4.69, 9.17) is 4.74 Å². The molecule has 0 amide bonds. The molecule has 0 fully saturated rings. The van der Waals surface area contributed by atoms with Crippen LogP contribution >= 0.6 is 0 Å². The topological polar surface area (TPSA) is 46.6 Å². The van der Waals surface area contributed by atoms with Gasteiger partial charge >= 0.3 is 10.4 Å². The highest BCUT2D eigenvalue weighted by molar-refractivity contribution is 7.83. The van der Waals surface area contributed by atoms with Crippen LogP contribution in [0.4, 0.5) is 3.89 Å². The first kappa shape index (κ1) is 10.4. The normalized spacial score (nSPS) is 16.4. The molecule has 1 aromatic rings. The van der Waals surface area contributed by atoms with Crippen LogP contribution in [0.1, 0.15) is 11.1 Å². The van der Waals surface area contributed by atoms with Crippen molar-refractivity contribution < 1.29 is 17.0 Å². The summed E-state index contributed by atoms with van der Waals surface area (Å²) in [5.74, 6) is 0.645. The van der Waals surface area contributed by atoms with Crippen LogP contribution in [0.15, 0.2) is 18.2 Å². The van der Waals surface area contributed by atoms with Crippen LogP contribution in [0.5, 0.6) is 5.75 Å². The highest BCUT2D eigenvalue weighted by Crippen LogP contribution is 2.28. The molecule has 0 bridgehead atoms. The summed E-state index contributed by atoms with van der Waals surface area (Å²) < 4.78 is 39.9. The fraction of sp³-hybridized carbons (Fsp3) is 0.333. The number of fused-ring (bicyclic) bond motifs is 1. The molecule has 4 nitrogen and oxygen atoms in total. The minimum absolute atomic E-state index is 0.0748. The van der Waals surface area contributed by atoms with Crippen molar-refractivity contribution in [2.24, 2.45) is 0 Å². The van der Waals surface area contributed by atoms with Crippen LogP contribution in [0.3, 0.4) is 0 Å². The fourth-order valence-corrected chi connectivity index (χ4v) is 2.21. The van der Waals surface area contributed by atoms with Crippen molar-refractivity contribution >= 4 is 10.4 Å². The third kappa shape index (κ3) is 1.95. The summed E-state index contributed by atoms with van der Waals surface area (Å²) in [6, 6.07) is 5.20. The van der Waals surface area contributed by atoms with E-state index in [9.17, 15) is 12.3 Å². The summed E-state index contributed by atoms with van der Waals surface area (Å²) in [5.41, 5.74) is 1.60. The van der Waals surface area contributed by atoms with Crippen molar-refractivity contribution in [1.82, 2.24) is 4.31 Å². The molecular formula is C9H10FNO3S. The summed E-state index contributed by atoms with van der Waals surface area (Å²) in [7, 11) is -3.07. The summed E-state index contributed by atoms with van der Waals surface area (Å²) in [6.45, 7) is 0.170. The van der Waals surface area contributed by atoms with Gasteiger partial charge in [-0.25, -0.2) is 0 Å². The van der Waals surface area contributed by atoms with Crippen LogP contribution in [0.25, 0.3) is 0 Å². The van der Waals surface area contributed by atoms with Crippen molar-refractivity contribution in [1.29, 1.82) is 0 Å². The van der Waals surface area contributed by atoms with Gasteiger partial charge in [0.25, 0.3) is 0 Å². The Hall–Kier alpha value is -1.14. The molecule has 1 aliphatic heterocycles. The molecule has 0 spiro atoms. The first-order valence-electron chi connectivity index (χ1n) is 4.36. The van der Waals surface area contributed by atoms with E-state index in [-0.39, 0.29) is 13.1 Å². The van der Waals surface area contributed by atoms with E-state index in [1.54, 1.807) is 18.2 Å². The van der Waals surface area contributed by atoms with Crippen molar-refractivity contribution in [3.05, 3.63) is 29.3 Å². The van der Waals surface area contributed by atoms with Gasteiger partial charge in [-0.2, -0.15) is 12.7 Å². The third-order valence-corrected chi connectivity index (χ3v) is 3.29. The average molecular weight is 231 g/mol. The third-order valence-electron chi connectivity index (χ3n) is 2.42. The zero-order valence-electron chi connectivity index (χ0n) is 8.10. The second-order valence-electron chi connectivity index (χ2n) is 3.34. The minimum atomic E-state index is -4.60. The van der Waals surface area contributed by atoms with E-state index in [1.165, 1.54) is 7.11 Å². The predicted octanol–water partition coefficient (Wildman–Crippen LogP) is 1.23. The van der Waals surface area contributed by atoms with Gasteiger partial charge in [-0.1, -0.05) is 9.95 Å². The molecule has 0 unspecified atom stereocenters. The Morgan fingerprint density at radius 2 is 2.00 bits per heavy atom. The number of hydrogen-bond acceptors (Lipinski definition) is 3. The maximum Gasteiger partial charge on any atom is 0.375 e. The highest BCUT2D eigenvalue weighted by atomic mass is 32.3. The Kier molecular flexibility index (Phi) is 2.40. The molecule has 6 heteroatoms. The molecule has 15 heavy (non-hydrogen) atoms. The van der Waals surface area contributed by atoms with Gasteiger partial charge in [0.15, 0.2) is 0 Å². The smallest absolute Gasteiger partial charge is 0.375 e. The SMILES string of the molecule is COc1ccc2c(c1)CN(S(=O)(=O)F)C2. The molecule has 0 saturated heterocycles. The van der Waals surface area contributed by atoms with Crippen molar-refractivity contribution in [2.75, 3.05) is 7.11 Å². The Labute approximate surface area is 87.6 Å². The van der Waals surface area contributed by atoms with Crippen molar-refractivity contribution in [2.45, 2.75) is 13.1 Å². The Morgan fingerprint density at radius 3 is 2.60 bits per heavy atom. The van der Waals surface area contributed by atoms with Gasteiger partial charge in [0.2, 0.25) is 0 Å². The average Bonchev–Trinajstić information content (AvgIpc) is 2.59.